The molecular weight excluding hydrogens is 368 g/mol. The quantitative estimate of drug-likeness (QED) is 0.726. The molecule has 2 heterocycles. The molecule has 1 aromatic carbocycles. The molecule has 7 nitrogen and oxygen atoms in total. The zero-order chi connectivity index (χ0) is 20.6. The summed E-state index contributed by atoms with van der Waals surface area (Å²) >= 11 is 0. The fraction of sp³-hybridized carbons (Fsp3) is 0.364. The molecule has 2 aromatic rings. The van der Waals surface area contributed by atoms with Crippen LogP contribution in [0.5, 0.6) is 11.5 Å². The number of hydrogen-bond acceptors (Lipinski definition) is 6. The summed E-state index contributed by atoms with van der Waals surface area (Å²) in [4.78, 5) is 21.4. The van der Waals surface area contributed by atoms with Crippen LogP contribution in [0.3, 0.4) is 0 Å². The first-order valence-electron chi connectivity index (χ1n) is 9.77. The van der Waals surface area contributed by atoms with Crippen LogP contribution in [-0.4, -0.2) is 62.7 Å². The summed E-state index contributed by atoms with van der Waals surface area (Å²) in [5.74, 6) is 2.00. The molecular formula is C22H28N4O3. The third-order valence-corrected chi connectivity index (χ3v) is 4.99. The lowest BCUT2D eigenvalue weighted by Gasteiger charge is -2.34. The van der Waals surface area contributed by atoms with E-state index in [4.69, 9.17) is 9.47 Å². The highest BCUT2D eigenvalue weighted by Gasteiger charge is 2.16. The summed E-state index contributed by atoms with van der Waals surface area (Å²) in [5.41, 5.74) is 1.51. The number of ether oxygens (including phenoxy) is 2. The monoisotopic (exact) mass is 396 g/mol. The number of aromatic nitrogens is 1. The predicted molar refractivity (Wildman–Crippen MR) is 116 cm³/mol. The predicted octanol–water partition coefficient (Wildman–Crippen LogP) is 2.89. The van der Waals surface area contributed by atoms with Crippen LogP contribution >= 0.6 is 0 Å². The van der Waals surface area contributed by atoms with Crippen molar-refractivity contribution >= 4 is 23.5 Å². The van der Waals surface area contributed by atoms with E-state index in [1.54, 1.807) is 32.6 Å². The zero-order valence-corrected chi connectivity index (χ0v) is 17.2. The van der Waals surface area contributed by atoms with Gasteiger partial charge in [0.15, 0.2) is 11.5 Å². The molecule has 29 heavy (non-hydrogen) atoms. The van der Waals surface area contributed by atoms with Gasteiger partial charge in [0.2, 0.25) is 5.91 Å². The van der Waals surface area contributed by atoms with Crippen LogP contribution < -0.4 is 19.7 Å². The maximum absolute atomic E-state index is 12.2. The van der Waals surface area contributed by atoms with Gasteiger partial charge in [0.25, 0.3) is 0 Å². The number of rotatable bonds is 7. The van der Waals surface area contributed by atoms with Gasteiger partial charge in [-0.05, 0) is 42.4 Å². The molecule has 1 saturated heterocycles. The second-order valence-electron chi connectivity index (χ2n) is 6.76. The van der Waals surface area contributed by atoms with Crippen LogP contribution in [0.4, 0.5) is 11.5 Å². The van der Waals surface area contributed by atoms with Gasteiger partial charge in [-0.2, -0.15) is 0 Å². The Morgan fingerprint density at radius 1 is 1.10 bits per heavy atom. The molecule has 1 aromatic heterocycles. The Kier molecular flexibility index (Phi) is 7.08. The number of carbonyl (C=O) groups is 1. The fourth-order valence-electron chi connectivity index (χ4n) is 3.25. The molecule has 1 aliphatic rings. The number of hydrogen-bond donors (Lipinski definition) is 1. The highest BCUT2D eigenvalue weighted by atomic mass is 16.5. The van der Waals surface area contributed by atoms with Crippen molar-refractivity contribution in [1.29, 1.82) is 0 Å². The lowest BCUT2D eigenvalue weighted by molar-refractivity contribution is -0.111. The number of methoxy groups -OCH3 is 2. The van der Waals surface area contributed by atoms with Crippen molar-refractivity contribution in [2.75, 3.05) is 57.2 Å². The third-order valence-electron chi connectivity index (χ3n) is 4.99. The molecule has 3 rings (SSSR count). The first-order chi connectivity index (χ1) is 14.1. The van der Waals surface area contributed by atoms with E-state index < -0.39 is 0 Å². The minimum Gasteiger partial charge on any atom is -0.493 e. The van der Waals surface area contributed by atoms with Crippen molar-refractivity contribution in [3.8, 4) is 11.5 Å². The van der Waals surface area contributed by atoms with Crippen LogP contribution in [0.15, 0.2) is 42.6 Å². The molecule has 0 bridgehead atoms. The van der Waals surface area contributed by atoms with Crippen molar-refractivity contribution in [3.63, 3.8) is 0 Å². The summed E-state index contributed by atoms with van der Waals surface area (Å²) in [6, 6.07) is 9.32. The molecule has 1 amide bonds. The topological polar surface area (TPSA) is 66.9 Å². The number of nitrogens with zero attached hydrogens (tertiary/aromatic N) is 3. The molecule has 0 atom stereocenters. The average molecular weight is 396 g/mol. The molecule has 0 aliphatic carbocycles. The molecule has 1 fully saturated rings. The Labute approximate surface area is 171 Å². The van der Waals surface area contributed by atoms with E-state index in [0.717, 1.165) is 44.1 Å². The smallest absolute Gasteiger partial charge is 0.248 e. The normalized spacial score (nSPS) is 14.8. The third kappa shape index (κ3) is 5.48. The average Bonchev–Trinajstić information content (AvgIpc) is 2.78. The molecule has 0 saturated carbocycles. The van der Waals surface area contributed by atoms with Crippen molar-refractivity contribution in [2.45, 2.75) is 6.92 Å². The second-order valence-corrected chi connectivity index (χ2v) is 6.76. The van der Waals surface area contributed by atoms with E-state index in [-0.39, 0.29) is 5.91 Å². The van der Waals surface area contributed by atoms with Crippen LogP contribution in [0.1, 0.15) is 12.5 Å². The standard InChI is InChI=1S/C22H28N4O3/c1-4-25-11-13-26(14-12-25)21-9-7-18(16-23-21)24-22(27)10-6-17-5-8-19(28-2)20(15-17)29-3/h5-10,15-16H,4,11-14H2,1-3H3,(H,24,27)/b10-6+. The summed E-state index contributed by atoms with van der Waals surface area (Å²) in [6.45, 7) is 7.32. The number of carbonyl (C=O) groups excluding carboxylic acids is 1. The second kappa shape index (κ2) is 9.93. The van der Waals surface area contributed by atoms with Gasteiger partial charge in [-0.15, -0.1) is 0 Å². The number of piperazine rings is 1. The van der Waals surface area contributed by atoms with Gasteiger partial charge in [0, 0.05) is 32.3 Å². The van der Waals surface area contributed by atoms with E-state index in [0.29, 0.717) is 17.2 Å². The number of pyridine rings is 1. The van der Waals surface area contributed by atoms with Crippen molar-refractivity contribution in [2.24, 2.45) is 0 Å². The lowest BCUT2D eigenvalue weighted by atomic mass is 10.2. The van der Waals surface area contributed by atoms with Gasteiger partial charge in [0.05, 0.1) is 26.1 Å². The van der Waals surface area contributed by atoms with Crippen molar-refractivity contribution in [1.82, 2.24) is 9.88 Å². The molecule has 154 valence electrons. The Hall–Kier alpha value is -3.06. The molecule has 7 heteroatoms. The van der Waals surface area contributed by atoms with E-state index in [9.17, 15) is 4.79 Å². The molecule has 1 N–H and O–H groups in total. The fourth-order valence-corrected chi connectivity index (χ4v) is 3.25. The molecule has 1 aliphatic heterocycles. The molecule has 0 radical (unpaired) electrons. The van der Waals surface area contributed by atoms with Gasteiger partial charge < -0.3 is 24.6 Å². The highest BCUT2D eigenvalue weighted by molar-refractivity contribution is 6.01. The van der Waals surface area contributed by atoms with Crippen LogP contribution in [0, 0.1) is 0 Å². The highest BCUT2D eigenvalue weighted by Crippen LogP contribution is 2.28. The first kappa shape index (κ1) is 20.7. The molecule has 0 unspecified atom stereocenters. The van der Waals surface area contributed by atoms with E-state index in [1.165, 1.54) is 6.08 Å². The maximum Gasteiger partial charge on any atom is 0.248 e. The number of benzene rings is 1. The van der Waals surface area contributed by atoms with Gasteiger partial charge in [-0.1, -0.05) is 13.0 Å². The summed E-state index contributed by atoms with van der Waals surface area (Å²) in [6.07, 6.45) is 4.91. The summed E-state index contributed by atoms with van der Waals surface area (Å²) in [7, 11) is 3.17. The van der Waals surface area contributed by atoms with Crippen LogP contribution in [-0.2, 0) is 4.79 Å². The van der Waals surface area contributed by atoms with Gasteiger partial charge in [-0.25, -0.2) is 4.98 Å². The van der Waals surface area contributed by atoms with Gasteiger partial charge in [-0.3, -0.25) is 4.79 Å². The van der Waals surface area contributed by atoms with E-state index >= 15 is 0 Å². The summed E-state index contributed by atoms with van der Waals surface area (Å²) in [5, 5.41) is 2.84. The van der Waals surface area contributed by atoms with Crippen molar-refractivity contribution in [3.05, 3.63) is 48.2 Å². The Morgan fingerprint density at radius 3 is 2.48 bits per heavy atom. The zero-order valence-electron chi connectivity index (χ0n) is 17.2. The minimum absolute atomic E-state index is 0.217. The Morgan fingerprint density at radius 2 is 1.86 bits per heavy atom. The minimum atomic E-state index is -0.217. The van der Waals surface area contributed by atoms with E-state index in [1.807, 2.05) is 24.3 Å². The number of amides is 1. The molecule has 0 spiro atoms. The van der Waals surface area contributed by atoms with Crippen LogP contribution in [0.25, 0.3) is 6.08 Å². The largest absolute Gasteiger partial charge is 0.493 e. The Balaban J connectivity index is 1.56. The SMILES string of the molecule is CCN1CCN(c2ccc(NC(=O)/C=C/c3ccc(OC)c(OC)c3)cn2)CC1. The number of anilines is 2. The first-order valence-corrected chi connectivity index (χ1v) is 9.77. The maximum atomic E-state index is 12.2. The number of nitrogens with one attached hydrogen (secondary N) is 1. The summed E-state index contributed by atoms with van der Waals surface area (Å²) < 4.78 is 10.5. The van der Waals surface area contributed by atoms with Crippen LogP contribution in [0.2, 0.25) is 0 Å². The Bertz CT molecular complexity index is 844. The van der Waals surface area contributed by atoms with Crippen molar-refractivity contribution < 1.29 is 14.3 Å². The number of likely N-dealkylation sites (N-methyl/N-ethyl adjacent to an activating group) is 1. The lowest BCUT2D eigenvalue weighted by Crippen LogP contribution is -2.46. The van der Waals surface area contributed by atoms with Gasteiger partial charge in [0.1, 0.15) is 5.82 Å². The van der Waals surface area contributed by atoms with E-state index in [2.05, 4.69) is 27.0 Å². The van der Waals surface area contributed by atoms with Gasteiger partial charge >= 0.3 is 0 Å².